The zero-order valence-electron chi connectivity index (χ0n) is 21.2. The molecule has 2 N–H and O–H groups in total. The van der Waals surface area contributed by atoms with Crippen molar-refractivity contribution in [3.63, 3.8) is 0 Å². The fraction of sp³-hybridized carbons (Fsp3) is 0.296. The van der Waals surface area contributed by atoms with E-state index in [9.17, 15) is 13.2 Å². The van der Waals surface area contributed by atoms with Crippen LogP contribution in [0.5, 0.6) is 0 Å². The summed E-state index contributed by atoms with van der Waals surface area (Å²) in [6.07, 6.45) is 0.552. The van der Waals surface area contributed by atoms with E-state index in [0.29, 0.717) is 13.0 Å². The van der Waals surface area contributed by atoms with E-state index in [1.54, 1.807) is 12.1 Å². The Morgan fingerprint density at radius 3 is 2.28 bits per heavy atom. The Labute approximate surface area is 211 Å². The van der Waals surface area contributed by atoms with Crippen LogP contribution in [0.3, 0.4) is 0 Å². The molecule has 2 heterocycles. The highest BCUT2D eigenvalue weighted by Crippen LogP contribution is 2.27. The molecular formula is C27H31N5O3S. The van der Waals surface area contributed by atoms with Crippen LogP contribution in [0.25, 0.3) is 16.9 Å². The summed E-state index contributed by atoms with van der Waals surface area (Å²) >= 11 is 0. The van der Waals surface area contributed by atoms with Crippen LogP contribution < -0.4 is 10.0 Å². The number of carbonyl (C=O) groups is 1. The van der Waals surface area contributed by atoms with Crippen molar-refractivity contribution in [1.82, 2.24) is 24.6 Å². The SMILES string of the molecule is Cc1ccc(S(=O)(=O)NC(=O)NCCc2ccc(-n3c(C(C)C)nc4c(C)cc(C)nc43)cc2)cc1. The lowest BCUT2D eigenvalue weighted by Gasteiger charge is -2.12. The van der Waals surface area contributed by atoms with Gasteiger partial charge in [-0.25, -0.2) is 27.9 Å². The summed E-state index contributed by atoms with van der Waals surface area (Å²) in [6, 6.07) is 15.6. The third-order valence-electron chi connectivity index (χ3n) is 5.93. The number of hydrogen-bond acceptors (Lipinski definition) is 5. The van der Waals surface area contributed by atoms with Gasteiger partial charge < -0.3 is 5.32 Å². The Morgan fingerprint density at radius 1 is 0.972 bits per heavy atom. The molecule has 0 atom stereocenters. The highest BCUT2D eigenvalue weighted by Gasteiger charge is 2.19. The molecule has 0 spiro atoms. The molecule has 2 aromatic heterocycles. The number of aromatic nitrogens is 3. The average Bonchev–Trinajstić information content (AvgIpc) is 3.19. The van der Waals surface area contributed by atoms with E-state index < -0.39 is 16.1 Å². The fourth-order valence-electron chi connectivity index (χ4n) is 4.09. The van der Waals surface area contributed by atoms with E-state index in [1.165, 1.54) is 12.1 Å². The van der Waals surface area contributed by atoms with Crippen molar-refractivity contribution in [3.05, 3.63) is 82.8 Å². The topological polar surface area (TPSA) is 106 Å². The molecule has 0 fully saturated rings. The Hall–Kier alpha value is -3.72. The van der Waals surface area contributed by atoms with E-state index in [-0.39, 0.29) is 10.8 Å². The maximum Gasteiger partial charge on any atom is 0.328 e. The van der Waals surface area contributed by atoms with Crippen molar-refractivity contribution >= 4 is 27.2 Å². The summed E-state index contributed by atoms with van der Waals surface area (Å²) in [6.45, 7) is 10.4. The van der Waals surface area contributed by atoms with Crippen LogP contribution in [0.2, 0.25) is 0 Å². The normalized spacial score (nSPS) is 11.7. The molecular weight excluding hydrogens is 474 g/mol. The molecule has 0 aliphatic heterocycles. The van der Waals surface area contributed by atoms with Gasteiger partial charge in [0.25, 0.3) is 10.0 Å². The van der Waals surface area contributed by atoms with Gasteiger partial charge in [0.2, 0.25) is 0 Å². The number of imidazole rings is 1. The minimum atomic E-state index is -3.91. The molecule has 0 saturated carbocycles. The van der Waals surface area contributed by atoms with Gasteiger partial charge in [-0.05, 0) is 68.7 Å². The lowest BCUT2D eigenvalue weighted by atomic mass is 10.1. The molecule has 4 rings (SSSR count). The van der Waals surface area contributed by atoms with Gasteiger partial charge >= 0.3 is 6.03 Å². The first-order chi connectivity index (χ1) is 17.0. The number of nitrogens with zero attached hydrogens (tertiary/aromatic N) is 3. The maximum absolute atomic E-state index is 12.4. The maximum atomic E-state index is 12.4. The van der Waals surface area contributed by atoms with E-state index in [2.05, 4.69) is 35.4 Å². The number of hydrogen-bond donors (Lipinski definition) is 2. The molecule has 0 aliphatic rings. The lowest BCUT2D eigenvalue weighted by molar-refractivity contribution is 0.246. The van der Waals surface area contributed by atoms with Crippen LogP contribution in [0, 0.1) is 20.8 Å². The zero-order chi connectivity index (χ0) is 26.0. The highest BCUT2D eigenvalue weighted by molar-refractivity contribution is 7.90. The van der Waals surface area contributed by atoms with Crippen molar-refractivity contribution in [1.29, 1.82) is 0 Å². The van der Waals surface area contributed by atoms with Crippen LogP contribution in [0.4, 0.5) is 4.79 Å². The number of rotatable bonds is 7. The highest BCUT2D eigenvalue weighted by atomic mass is 32.2. The second kappa shape index (κ2) is 10.1. The Balaban J connectivity index is 1.43. The van der Waals surface area contributed by atoms with Crippen LogP contribution >= 0.6 is 0 Å². The average molecular weight is 506 g/mol. The second-order valence-corrected chi connectivity index (χ2v) is 11.0. The number of carbonyl (C=O) groups excluding carboxylic acids is 1. The van der Waals surface area contributed by atoms with Crippen molar-refractivity contribution in [3.8, 4) is 5.69 Å². The Morgan fingerprint density at radius 2 is 1.64 bits per heavy atom. The van der Waals surface area contributed by atoms with Crippen LogP contribution in [-0.4, -0.2) is 35.5 Å². The van der Waals surface area contributed by atoms with Crippen molar-refractivity contribution in [2.45, 2.75) is 51.9 Å². The van der Waals surface area contributed by atoms with E-state index >= 15 is 0 Å². The van der Waals surface area contributed by atoms with E-state index in [4.69, 9.17) is 9.97 Å². The number of pyridine rings is 1. The smallest absolute Gasteiger partial charge is 0.328 e. The van der Waals surface area contributed by atoms with Crippen LogP contribution in [0.15, 0.2) is 59.5 Å². The molecule has 36 heavy (non-hydrogen) atoms. The lowest BCUT2D eigenvalue weighted by Crippen LogP contribution is -2.40. The number of fused-ring (bicyclic) bond motifs is 1. The van der Waals surface area contributed by atoms with Crippen molar-refractivity contribution < 1.29 is 13.2 Å². The summed E-state index contributed by atoms with van der Waals surface area (Å²) in [5.74, 6) is 1.17. The zero-order valence-corrected chi connectivity index (χ0v) is 22.0. The number of sulfonamides is 1. The van der Waals surface area contributed by atoms with Gasteiger partial charge in [0.1, 0.15) is 11.3 Å². The largest absolute Gasteiger partial charge is 0.337 e. The molecule has 188 valence electrons. The second-order valence-electron chi connectivity index (χ2n) is 9.30. The molecule has 8 nitrogen and oxygen atoms in total. The summed E-state index contributed by atoms with van der Waals surface area (Å²) in [5, 5.41) is 2.62. The summed E-state index contributed by atoms with van der Waals surface area (Å²) < 4.78 is 28.9. The van der Waals surface area contributed by atoms with E-state index in [0.717, 1.165) is 45.1 Å². The fourth-order valence-corrected chi connectivity index (χ4v) is 5.01. The van der Waals surface area contributed by atoms with Gasteiger partial charge in [-0.1, -0.05) is 43.7 Å². The number of benzene rings is 2. The molecule has 0 aliphatic carbocycles. The van der Waals surface area contributed by atoms with Gasteiger partial charge in [-0.2, -0.15) is 0 Å². The minimum absolute atomic E-state index is 0.0477. The number of urea groups is 1. The van der Waals surface area contributed by atoms with Gasteiger partial charge in [-0.3, -0.25) is 4.57 Å². The van der Waals surface area contributed by atoms with Crippen molar-refractivity contribution in [2.75, 3.05) is 6.54 Å². The number of amides is 2. The first kappa shape index (κ1) is 25.4. The Kier molecular flexibility index (Phi) is 7.12. The van der Waals surface area contributed by atoms with Crippen molar-refractivity contribution in [2.24, 2.45) is 0 Å². The molecule has 0 radical (unpaired) electrons. The third kappa shape index (κ3) is 5.41. The molecule has 0 unspecified atom stereocenters. The van der Waals surface area contributed by atoms with Crippen LogP contribution in [0.1, 0.15) is 48.0 Å². The van der Waals surface area contributed by atoms with Gasteiger partial charge in [-0.15, -0.1) is 0 Å². The van der Waals surface area contributed by atoms with Gasteiger partial charge in [0.05, 0.1) is 4.90 Å². The van der Waals surface area contributed by atoms with Gasteiger partial charge in [0.15, 0.2) is 5.65 Å². The number of nitrogens with one attached hydrogen (secondary N) is 2. The Bertz CT molecular complexity index is 1510. The summed E-state index contributed by atoms with van der Waals surface area (Å²) in [4.78, 5) is 21.8. The molecule has 4 aromatic rings. The third-order valence-corrected chi connectivity index (χ3v) is 7.28. The molecule has 2 amide bonds. The molecule has 9 heteroatoms. The minimum Gasteiger partial charge on any atom is -0.337 e. The predicted octanol–water partition coefficient (Wildman–Crippen LogP) is 4.70. The summed E-state index contributed by atoms with van der Waals surface area (Å²) in [7, 11) is -3.91. The quantitative estimate of drug-likeness (QED) is 0.379. The molecule has 0 bridgehead atoms. The van der Waals surface area contributed by atoms with Gasteiger partial charge in [0, 0.05) is 23.8 Å². The number of aryl methyl sites for hydroxylation is 3. The summed E-state index contributed by atoms with van der Waals surface area (Å²) in [5.41, 5.74) is 6.72. The monoisotopic (exact) mass is 505 g/mol. The first-order valence-corrected chi connectivity index (χ1v) is 13.4. The predicted molar refractivity (Wildman–Crippen MR) is 141 cm³/mol. The van der Waals surface area contributed by atoms with Crippen LogP contribution in [-0.2, 0) is 16.4 Å². The van der Waals surface area contributed by atoms with E-state index in [1.807, 2.05) is 44.2 Å². The first-order valence-electron chi connectivity index (χ1n) is 11.9. The molecule has 2 aromatic carbocycles. The standard InChI is InChI=1S/C27H31N5O3S/c1-17(2)25-30-24-19(4)16-20(5)29-26(24)32(25)22-10-8-21(9-11-22)14-15-28-27(33)31-36(34,35)23-12-6-18(3)7-13-23/h6-13,16-17H,14-15H2,1-5H3,(H2,28,31,33). The molecule has 0 saturated heterocycles.